The number of hydrogen-bond acceptors (Lipinski definition) is 3. The van der Waals surface area contributed by atoms with Crippen LogP contribution in [0.5, 0.6) is 0 Å². The molecule has 4 heteroatoms. The Hall–Kier alpha value is -1.45. The van der Waals surface area contributed by atoms with E-state index in [9.17, 15) is 4.79 Å². The highest BCUT2D eigenvalue weighted by Crippen LogP contribution is 2.03. The quantitative estimate of drug-likeness (QED) is 0.700. The zero-order valence-electron chi connectivity index (χ0n) is 7.11. The normalized spacial score (nSPS) is 12.2. The van der Waals surface area contributed by atoms with Crippen LogP contribution in [0.4, 0.5) is 0 Å². The summed E-state index contributed by atoms with van der Waals surface area (Å²) in [7, 11) is 0. The Balaban J connectivity index is 2.65. The van der Waals surface area contributed by atoms with Gasteiger partial charge in [0, 0.05) is 19.3 Å². The Morgan fingerprint density at radius 2 is 2.08 bits per heavy atom. The van der Waals surface area contributed by atoms with Crippen LogP contribution in [0.15, 0.2) is 18.5 Å². The molecule has 1 unspecified atom stereocenters. The SMILES string of the molecule is CC(=O)NC(C)c1ncccn1. The topological polar surface area (TPSA) is 54.9 Å². The van der Waals surface area contributed by atoms with Gasteiger partial charge in [0.05, 0.1) is 6.04 Å². The molecule has 0 fully saturated rings. The van der Waals surface area contributed by atoms with Crippen molar-refractivity contribution in [3.8, 4) is 0 Å². The third kappa shape index (κ3) is 2.30. The minimum atomic E-state index is -0.122. The Morgan fingerprint density at radius 1 is 1.50 bits per heavy atom. The fourth-order valence-electron chi connectivity index (χ4n) is 0.904. The van der Waals surface area contributed by atoms with Crippen LogP contribution >= 0.6 is 0 Å². The molecule has 1 atom stereocenters. The zero-order chi connectivity index (χ0) is 8.97. The number of hydrogen-bond donors (Lipinski definition) is 1. The van der Waals surface area contributed by atoms with Crippen molar-refractivity contribution < 1.29 is 4.79 Å². The third-order valence-electron chi connectivity index (χ3n) is 1.39. The van der Waals surface area contributed by atoms with Crippen molar-refractivity contribution in [2.24, 2.45) is 0 Å². The summed E-state index contributed by atoms with van der Waals surface area (Å²) in [6, 6.07) is 1.62. The Morgan fingerprint density at radius 3 is 2.58 bits per heavy atom. The lowest BCUT2D eigenvalue weighted by Gasteiger charge is -2.09. The first-order chi connectivity index (χ1) is 5.70. The van der Waals surface area contributed by atoms with E-state index in [1.54, 1.807) is 18.5 Å². The molecule has 0 aliphatic carbocycles. The minimum Gasteiger partial charge on any atom is -0.347 e. The van der Waals surface area contributed by atoms with Crippen molar-refractivity contribution in [1.82, 2.24) is 15.3 Å². The van der Waals surface area contributed by atoms with E-state index < -0.39 is 0 Å². The van der Waals surface area contributed by atoms with Gasteiger partial charge in [-0.15, -0.1) is 0 Å². The molecule has 4 nitrogen and oxygen atoms in total. The predicted molar refractivity (Wildman–Crippen MR) is 44.3 cm³/mol. The Kier molecular flexibility index (Phi) is 2.74. The van der Waals surface area contributed by atoms with E-state index in [0.717, 1.165) is 0 Å². The van der Waals surface area contributed by atoms with E-state index in [0.29, 0.717) is 5.82 Å². The molecule has 0 spiro atoms. The minimum absolute atomic E-state index is 0.0741. The molecule has 0 saturated carbocycles. The van der Waals surface area contributed by atoms with Crippen LogP contribution in [0.2, 0.25) is 0 Å². The summed E-state index contributed by atoms with van der Waals surface area (Å²) in [5, 5.41) is 2.70. The van der Waals surface area contributed by atoms with Crippen LogP contribution in [-0.2, 0) is 4.79 Å². The molecule has 1 rings (SSSR count). The molecule has 0 saturated heterocycles. The number of nitrogens with one attached hydrogen (secondary N) is 1. The predicted octanol–water partition coefficient (Wildman–Crippen LogP) is 0.674. The summed E-state index contributed by atoms with van der Waals surface area (Å²) in [6.07, 6.45) is 3.31. The fraction of sp³-hybridized carbons (Fsp3) is 0.375. The molecule has 1 heterocycles. The molecule has 1 N–H and O–H groups in total. The average Bonchev–Trinajstić information content (AvgIpc) is 2.05. The van der Waals surface area contributed by atoms with Crippen LogP contribution in [0, 0.1) is 0 Å². The summed E-state index contributed by atoms with van der Waals surface area (Å²) in [5.74, 6) is 0.558. The highest BCUT2D eigenvalue weighted by Gasteiger charge is 2.07. The van der Waals surface area contributed by atoms with Gasteiger partial charge in [-0.25, -0.2) is 9.97 Å². The molecule has 0 radical (unpaired) electrons. The lowest BCUT2D eigenvalue weighted by atomic mass is 10.3. The molecule has 1 aromatic rings. The average molecular weight is 165 g/mol. The van der Waals surface area contributed by atoms with Gasteiger partial charge in [-0.1, -0.05) is 0 Å². The number of aromatic nitrogens is 2. The van der Waals surface area contributed by atoms with E-state index in [2.05, 4.69) is 15.3 Å². The molecule has 12 heavy (non-hydrogen) atoms. The highest BCUT2D eigenvalue weighted by molar-refractivity contribution is 5.73. The van der Waals surface area contributed by atoms with Crippen molar-refractivity contribution in [1.29, 1.82) is 0 Å². The zero-order valence-corrected chi connectivity index (χ0v) is 7.11. The summed E-state index contributed by atoms with van der Waals surface area (Å²) in [6.45, 7) is 3.32. The van der Waals surface area contributed by atoms with Crippen molar-refractivity contribution >= 4 is 5.91 Å². The molecule has 64 valence electrons. The molecule has 1 aromatic heterocycles. The van der Waals surface area contributed by atoms with Crippen molar-refractivity contribution in [2.75, 3.05) is 0 Å². The van der Waals surface area contributed by atoms with Gasteiger partial charge in [0.15, 0.2) is 0 Å². The van der Waals surface area contributed by atoms with Gasteiger partial charge < -0.3 is 5.32 Å². The largest absolute Gasteiger partial charge is 0.347 e. The lowest BCUT2D eigenvalue weighted by Crippen LogP contribution is -2.24. The van der Waals surface area contributed by atoms with Gasteiger partial charge >= 0.3 is 0 Å². The van der Waals surface area contributed by atoms with E-state index in [1.165, 1.54) is 6.92 Å². The van der Waals surface area contributed by atoms with Crippen LogP contribution in [0.1, 0.15) is 25.7 Å². The first-order valence-corrected chi connectivity index (χ1v) is 3.74. The van der Waals surface area contributed by atoms with Crippen LogP contribution < -0.4 is 5.32 Å². The molecule has 0 aromatic carbocycles. The van der Waals surface area contributed by atoms with Gasteiger partial charge in [0.2, 0.25) is 5.91 Å². The van der Waals surface area contributed by atoms with E-state index in [1.807, 2.05) is 6.92 Å². The van der Waals surface area contributed by atoms with E-state index >= 15 is 0 Å². The van der Waals surface area contributed by atoms with Crippen molar-refractivity contribution in [3.63, 3.8) is 0 Å². The van der Waals surface area contributed by atoms with Gasteiger partial charge in [0.25, 0.3) is 0 Å². The summed E-state index contributed by atoms with van der Waals surface area (Å²) >= 11 is 0. The number of amides is 1. The summed E-state index contributed by atoms with van der Waals surface area (Å²) < 4.78 is 0. The summed E-state index contributed by atoms with van der Waals surface area (Å²) in [5.41, 5.74) is 0. The first kappa shape index (κ1) is 8.64. The molecule has 0 aliphatic rings. The Bertz CT molecular complexity index is 260. The maximum Gasteiger partial charge on any atom is 0.217 e. The number of carbonyl (C=O) groups is 1. The molecule has 1 amide bonds. The first-order valence-electron chi connectivity index (χ1n) is 3.74. The number of rotatable bonds is 2. The fourth-order valence-corrected chi connectivity index (χ4v) is 0.904. The monoisotopic (exact) mass is 165 g/mol. The maximum atomic E-state index is 10.7. The molecule has 0 bridgehead atoms. The second-order valence-corrected chi connectivity index (χ2v) is 2.53. The van der Waals surface area contributed by atoms with Gasteiger partial charge in [-0.3, -0.25) is 4.79 Å². The molecular formula is C8H11N3O. The van der Waals surface area contributed by atoms with Crippen molar-refractivity contribution in [3.05, 3.63) is 24.3 Å². The standard InChI is InChI=1S/C8H11N3O/c1-6(11-7(2)12)8-9-4-3-5-10-8/h3-6H,1-2H3,(H,11,12). The molecule has 0 aliphatic heterocycles. The number of nitrogens with zero attached hydrogens (tertiary/aromatic N) is 2. The van der Waals surface area contributed by atoms with Crippen LogP contribution in [0.25, 0.3) is 0 Å². The van der Waals surface area contributed by atoms with E-state index in [-0.39, 0.29) is 11.9 Å². The lowest BCUT2D eigenvalue weighted by molar-refractivity contribution is -0.119. The number of carbonyl (C=O) groups excluding carboxylic acids is 1. The van der Waals surface area contributed by atoms with Gasteiger partial charge in [-0.2, -0.15) is 0 Å². The van der Waals surface area contributed by atoms with Crippen LogP contribution in [-0.4, -0.2) is 15.9 Å². The van der Waals surface area contributed by atoms with Crippen LogP contribution in [0.3, 0.4) is 0 Å². The second kappa shape index (κ2) is 3.80. The summed E-state index contributed by atoms with van der Waals surface area (Å²) in [4.78, 5) is 18.7. The maximum absolute atomic E-state index is 10.7. The molecular weight excluding hydrogens is 154 g/mol. The highest BCUT2D eigenvalue weighted by atomic mass is 16.1. The van der Waals surface area contributed by atoms with Gasteiger partial charge in [-0.05, 0) is 13.0 Å². The Labute approximate surface area is 71.0 Å². The second-order valence-electron chi connectivity index (χ2n) is 2.53. The van der Waals surface area contributed by atoms with Crippen molar-refractivity contribution in [2.45, 2.75) is 19.9 Å². The smallest absolute Gasteiger partial charge is 0.217 e. The third-order valence-corrected chi connectivity index (χ3v) is 1.39. The van der Waals surface area contributed by atoms with E-state index in [4.69, 9.17) is 0 Å². The van der Waals surface area contributed by atoms with Gasteiger partial charge in [0.1, 0.15) is 5.82 Å².